The predicted molar refractivity (Wildman–Crippen MR) is 168 cm³/mol. The fraction of sp³-hybridized carbons (Fsp3) is 0.286. The Labute approximate surface area is 261 Å². The zero-order valence-electron chi connectivity index (χ0n) is 24.4. The predicted octanol–water partition coefficient (Wildman–Crippen LogP) is 4.96. The number of carbonyl (C=O) groups is 3. The molecule has 0 saturated carbocycles. The van der Waals surface area contributed by atoms with E-state index in [0.29, 0.717) is 42.9 Å². The van der Waals surface area contributed by atoms with Crippen LogP contribution >= 0.6 is 11.6 Å². The summed E-state index contributed by atoms with van der Waals surface area (Å²) in [7, 11) is 1.32. The van der Waals surface area contributed by atoms with Crippen molar-refractivity contribution in [2.24, 2.45) is 0 Å². The third kappa shape index (κ3) is 5.87. The molecule has 3 unspecified atom stereocenters. The number of fused-ring (bicyclic) bond motifs is 2. The van der Waals surface area contributed by atoms with Crippen molar-refractivity contribution in [3.05, 3.63) is 124 Å². The normalized spacial score (nSPS) is 21.7. The lowest BCUT2D eigenvalue weighted by molar-refractivity contribution is -0.138. The second kappa shape index (κ2) is 12.7. The van der Waals surface area contributed by atoms with Crippen molar-refractivity contribution < 1.29 is 23.9 Å². The summed E-state index contributed by atoms with van der Waals surface area (Å²) < 4.78 is 11.8. The fourth-order valence-corrected chi connectivity index (χ4v) is 6.44. The molecule has 44 heavy (non-hydrogen) atoms. The van der Waals surface area contributed by atoms with Gasteiger partial charge in [-0.1, -0.05) is 66.2 Å². The molecule has 2 amide bonds. The number of para-hydroxylation sites is 1. The van der Waals surface area contributed by atoms with Gasteiger partial charge in [0.1, 0.15) is 11.7 Å². The van der Waals surface area contributed by atoms with Gasteiger partial charge in [0.25, 0.3) is 11.8 Å². The number of esters is 1. The molecule has 3 atom stereocenters. The minimum absolute atomic E-state index is 0.0638. The number of hydrogen-bond acceptors (Lipinski definition) is 6. The van der Waals surface area contributed by atoms with Gasteiger partial charge in [-0.25, -0.2) is 4.79 Å². The van der Waals surface area contributed by atoms with E-state index in [9.17, 15) is 14.4 Å². The summed E-state index contributed by atoms with van der Waals surface area (Å²) >= 11 is 5.97. The Kier molecular flexibility index (Phi) is 8.55. The first kappa shape index (κ1) is 29.7. The zero-order chi connectivity index (χ0) is 30.7. The number of likely N-dealkylation sites (tertiary alicyclic amines) is 1. The minimum atomic E-state index is -1.22. The van der Waals surface area contributed by atoms with Crippen LogP contribution in [-0.2, 0) is 25.5 Å². The number of rotatable bonds is 9. The topological polar surface area (TPSA) is 97.0 Å². The Morgan fingerprint density at radius 3 is 2.30 bits per heavy atom. The lowest BCUT2D eigenvalue weighted by Gasteiger charge is -2.36. The summed E-state index contributed by atoms with van der Waals surface area (Å²) in [6, 6.07) is 25.9. The van der Waals surface area contributed by atoms with Crippen LogP contribution in [0.25, 0.3) is 0 Å². The van der Waals surface area contributed by atoms with Gasteiger partial charge in [0.05, 0.1) is 24.3 Å². The Bertz CT molecular complexity index is 1540. The summed E-state index contributed by atoms with van der Waals surface area (Å²) in [4.78, 5) is 42.1. The van der Waals surface area contributed by atoms with Gasteiger partial charge in [-0.2, -0.15) is 0 Å². The van der Waals surface area contributed by atoms with Gasteiger partial charge in [-0.15, -0.1) is 0 Å². The first-order valence-electron chi connectivity index (χ1n) is 14.8. The van der Waals surface area contributed by atoms with Crippen molar-refractivity contribution in [3.63, 3.8) is 0 Å². The maximum Gasteiger partial charge on any atom is 0.337 e. The monoisotopic (exact) mass is 611 g/mol. The van der Waals surface area contributed by atoms with Crippen LogP contribution in [-0.4, -0.2) is 66.7 Å². The molecule has 9 heteroatoms. The summed E-state index contributed by atoms with van der Waals surface area (Å²) in [5.74, 6) is -1.02. The van der Waals surface area contributed by atoms with Crippen LogP contribution in [0.3, 0.4) is 0 Å². The van der Waals surface area contributed by atoms with Gasteiger partial charge in [0.2, 0.25) is 0 Å². The van der Waals surface area contributed by atoms with Gasteiger partial charge in [0, 0.05) is 35.4 Å². The molecule has 3 aromatic carbocycles. The van der Waals surface area contributed by atoms with Crippen LogP contribution in [0.5, 0.6) is 0 Å². The number of halogens is 1. The fourth-order valence-electron chi connectivity index (χ4n) is 6.32. The first-order chi connectivity index (χ1) is 21.4. The number of nitrogens with zero attached hydrogens (tertiary/aromatic N) is 1. The van der Waals surface area contributed by atoms with Crippen LogP contribution in [0.1, 0.15) is 28.8 Å². The van der Waals surface area contributed by atoms with E-state index in [1.54, 1.807) is 29.2 Å². The molecule has 0 radical (unpaired) electrons. The van der Waals surface area contributed by atoms with Crippen LogP contribution < -0.4 is 10.6 Å². The lowest BCUT2D eigenvalue weighted by Crippen LogP contribution is -2.50. The van der Waals surface area contributed by atoms with E-state index in [-0.39, 0.29) is 29.0 Å². The first-order valence-corrected chi connectivity index (χ1v) is 15.2. The second-order valence-corrected chi connectivity index (χ2v) is 11.7. The van der Waals surface area contributed by atoms with E-state index in [2.05, 4.69) is 10.6 Å². The smallest absolute Gasteiger partial charge is 0.337 e. The number of anilines is 1. The molecule has 3 aromatic rings. The number of carbonyl (C=O) groups excluding carboxylic acids is 3. The lowest BCUT2D eigenvalue weighted by atomic mass is 9.78. The number of methoxy groups -OCH3 is 1. The van der Waals surface area contributed by atoms with Gasteiger partial charge < -0.3 is 25.0 Å². The van der Waals surface area contributed by atoms with Crippen molar-refractivity contribution in [1.82, 2.24) is 10.2 Å². The van der Waals surface area contributed by atoms with Crippen LogP contribution in [0.4, 0.5) is 5.69 Å². The summed E-state index contributed by atoms with van der Waals surface area (Å²) in [6.07, 6.45) is 4.74. The average Bonchev–Trinajstić information content (AvgIpc) is 3.64. The molecule has 1 saturated heterocycles. The number of hydrogen-bond donors (Lipinski definition) is 2. The van der Waals surface area contributed by atoms with Crippen molar-refractivity contribution >= 4 is 35.1 Å². The zero-order valence-corrected chi connectivity index (χ0v) is 25.1. The highest BCUT2D eigenvalue weighted by Crippen LogP contribution is 2.47. The summed E-state index contributed by atoms with van der Waals surface area (Å²) in [5, 5.41) is 7.27. The molecule has 0 aromatic heterocycles. The van der Waals surface area contributed by atoms with Crippen LogP contribution in [0.15, 0.2) is 108 Å². The number of benzene rings is 3. The van der Waals surface area contributed by atoms with E-state index in [0.717, 1.165) is 11.3 Å². The molecule has 3 aliphatic rings. The third-order valence-electron chi connectivity index (χ3n) is 8.54. The van der Waals surface area contributed by atoms with Crippen LogP contribution in [0, 0.1) is 0 Å². The molecule has 0 spiro atoms. The number of amides is 2. The highest BCUT2D eigenvalue weighted by molar-refractivity contribution is 6.30. The molecule has 226 valence electrons. The van der Waals surface area contributed by atoms with Crippen molar-refractivity contribution in [3.8, 4) is 0 Å². The number of piperidine rings is 1. The molecule has 3 heterocycles. The van der Waals surface area contributed by atoms with Gasteiger partial charge >= 0.3 is 5.97 Å². The van der Waals surface area contributed by atoms with E-state index in [4.69, 9.17) is 21.1 Å². The Morgan fingerprint density at radius 1 is 0.977 bits per heavy atom. The molecule has 2 N–H and O–H groups in total. The maximum atomic E-state index is 13.9. The molecule has 3 aliphatic heterocycles. The van der Waals surface area contributed by atoms with Crippen molar-refractivity contribution in [1.29, 1.82) is 0 Å². The highest BCUT2D eigenvalue weighted by atomic mass is 35.5. The molecule has 2 bridgehead atoms. The Balaban J connectivity index is 1.23. The molecule has 0 aliphatic carbocycles. The van der Waals surface area contributed by atoms with Gasteiger partial charge in [-0.3, -0.25) is 9.59 Å². The summed E-state index contributed by atoms with van der Waals surface area (Å²) in [6.45, 7) is 0.998. The Morgan fingerprint density at radius 2 is 1.64 bits per heavy atom. The molecular weight excluding hydrogens is 578 g/mol. The SMILES string of the molecule is COC(=O)C1=C(C(=O)NC2CCN(C(=O)c3ccc(Cl)cc3)CC2)C2C=CC1(C(Cc1ccccc1)Nc1ccccc1)O2. The Hall–Kier alpha value is -4.40. The summed E-state index contributed by atoms with van der Waals surface area (Å²) in [5.41, 5.74) is 1.76. The minimum Gasteiger partial charge on any atom is -0.466 e. The molecule has 6 rings (SSSR count). The van der Waals surface area contributed by atoms with Crippen molar-refractivity contribution in [2.75, 3.05) is 25.5 Å². The molecule has 1 fully saturated rings. The standard InChI is InChI=1S/C35H34ClN3O5/c1-43-34(42)31-30(32(40)38-27-17-20-39(21-18-27)33(41)24-12-14-25(36)15-13-24)28-16-19-35(31,44-28)29(22-23-8-4-2-5-9-23)37-26-10-6-3-7-11-26/h2-16,19,27-29,37H,17-18,20-22H2,1H3,(H,38,40). The van der Waals surface area contributed by atoms with Crippen LogP contribution in [0.2, 0.25) is 5.02 Å². The average molecular weight is 612 g/mol. The number of ether oxygens (including phenoxy) is 2. The molecule has 8 nitrogen and oxygen atoms in total. The molecular formula is C35H34ClN3O5. The largest absolute Gasteiger partial charge is 0.466 e. The van der Waals surface area contributed by atoms with E-state index < -0.39 is 23.7 Å². The van der Waals surface area contributed by atoms with Gasteiger partial charge in [0.15, 0.2) is 0 Å². The highest BCUT2D eigenvalue weighted by Gasteiger charge is 2.58. The van der Waals surface area contributed by atoms with E-state index in [1.165, 1.54) is 7.11 Å². The second-order valence-electron chi connectivity index (χ2n) is 11.3. The van der Waals surface area contributed by atoms with Crippen molar-refractivity contribution in [2.45, 2.75) is 43.1 Å². The number of nitrogens with one attached hydrogen (secondary N) is 2. The quantitative estimate of drug-likeness (QED) is 0.262. The maximum absolute atomic E-state index is 13.9. The van der Waals surface area contributed by atoms with E-state index in [1.807, 2.05) is 72.8 Å². The third-order valence-corrected chi connectivity index (χ3v) is 8.79. The van der Waals surface area contributed by atoms with Gasteiger partial charge in [-0.05, 0) is 67.3 Å². The van der Waals surface area contributed by atoms with E-state index >= 15 is 0 Å².